The Morgan fingerprint density at radius 2 is 1.86 bits per heavy atom. The summed E-state index contributed by atoms with van der Waals surface area (Å²) in [6, 6.07) is 12.6. The van der Waals surface area contributed by atoms with E-state index in [4.69, 9.17) is 0 Å². The van der Waals surface area contributed by atoms with E-state index in [1.165, 1.54) is 10.7 Å². The molecule has 0 amide bonds. The van der Waals surface area contributed by atoms with Gasteiger partial charge in [0.15, 0.2) is 0 Å². The topological polar surface area (TPSA) is 81.1 Å². The predicted octanol–water partition coefficient (Wildman–Crippen LogP) is 0.850. The maximum Gasteiger partial charge on any atom is 0.266 e. The van der Waals surface area contributed by atoms with E-state index < -0.39 is 10.0 Å². The SMILES string of the molecule is CCS(=O)(=O)NCCn1nc(-c2ccccc2)ccc1=O. The van der Waals surface area contributed by atoms with Crippen molar-refractivity contribution < 1.29 is 8.42 Å². The van der Waals surface area contributed by atoms with E-state index in [-0.39, 0.29) is 24.4 Å². The Bertz CT molecular complexity index is 755. The highest BCUT2D eigenvalue weighted by Crippen LogP contribution is 2.13. The van der Waals surface area contributed by atoms with Gasteiger partial charge in [0, 0.05) is 18.2 Å². The molecular formula is C14H17N3O3S. The van der Waals surface area contributed by atoms with Crippen LogP contribution in [0.15, 0.2) is 47.3 Å². The van der Waals surface area contributed by atoms with Gasteiger partial charge in [0.25, 0.3) is 5.56 Å². The van der Waals surface area contributed by atoms with E-state index in [0.717, 1.165) is 5.56 Å². The highest BCUT2D eigenvalue weighted by atomic mass is 32.2. The molecule has 7 heteroatoms. The Morgan fingerprint density at radius 1 is 1.14 bits per heavy atom. The molecule has 1 aromatic carbocycles. The highest BCUT2D eigenvalue weighted by molar-refractivity contribution is 7.89. The van der Waals surface area contributed by atoms with Gasteiger partial charge in [0.2, 0.25) is 10.0 Å². The quantitative estimate of drug-likeness (QED) is 0.858. The van der Waals surface area contributed by atoms with Gasteiger partial charge < -0.3 is 0 Å². The number of sulfonamides is 1. The van der Waals surface area contributed by atoms with Crippen LogP contribution in [0.4, 0.5) is 0 Å². The third kappa shape index (κ3) is 4.24. The van der Waals surface area contributed by atoms with Crippen LogP contribution in [0.3, 0.4) is 0 Å². The Kier molecular flexibility index (Phi) is 4.87. The number of rotatable bonds is 6. The molecule has 2 aromatic rings. The van der Waals surface area contributed by atoms with Crippen molar-refractivity contribution in [3.05, 3.63) is 52.8 Å². The molecule has 0 saturated heterocycles. The summed E-state index contributed by atoms with van der Waals surface area (Å²) < 4.78 is 26.4. The zero-order valence-electron chi connectivity index (χ0n) is 11.7. The smallest absolute Gasteiger partial charge is 0.266 e. The summed E-state index contributed by atoms with van der Waals surface area (Å²) in [6.07, 6.45) is 0. The number of hydrogen-bond donors (Lipinski definition) is 1. The molecule has 0 aliphatic rings. The second-order valence-corrected chi connectivity index (χ2v) is 6.54. The third-order valence-corrected chi connectivity index (χ3v) is 4.37. The molecule has 1 aromatic heterocycles. The molecule has 1 heterocycles. The van der Waals surface area contributed by atoms with Gasteiger partial charge in [-0.2, -0.15) is 5.10 Å². The van der Waals surface area contributed by atoms with E-state index in [0.29, 0.717) is 5.69 Å². The standard InChI is InChI=1S/C14H17N3O3S/c1-2-21(19,20)15-10-11-17-14(18)9-8-13(16-17)12-6-4-3-5-7-12/h3-9,15H,2,10-11H2,1H3. The largest absolute Gasteiger partial charge is 0.268 e. The Labute approximate surface area is 123 Å². The molecule has 0 radical (unpaired) electrons. The molecule has 0 atom stereocenters. The van der Waals surface area contributed by atoms with Crippen molar-refractivity contribution in [3.63, 3.8) is 0 Å². The van der Waals surface area contributed by atoms with Gasteiger partial charge >= 0.3 is 0 Å². The van der Waals surface area contributed by atoms with Gasteiger partial charge in [-0.1, -0.05) is 30.3 Å². The normalized spacial score (nSPS) is 11.5. The monoisotopic (exact) mass is 307 g/mol. The van der Waals surface area contributed by atoms with Crippen molar-refractivity contribution >= 4 is 10.0 Å². The lowest BCUT2D eigenvalue weighted by Gasteiger charge is -2.08. The van der Waals surface area contributed by atoms with Crippen molar-refractivity contribution in [2.24, 2.45) is 0 Å². The number of aromatic nitrogens is 2. The number of nitrogens with zero attached hydrogens (tertiary/aromatic N) is 2. The van der Waals surface area contributed by atoms with Gasteiger partial charge in [0.05, 0.1) is 18.0 Å². The molecule has 0 fully saturated rings. The summed E-state index contributed by atoms with van der Waals surface area (Å²) >= 11 is 0. The second-order valence-electron chi connectivity index (χ2n) is 4.44. The molecule has 0 saturated carbocycles. The third-order valence-electron chi connectivity index (χ3n) is 2.96. The highest BCUT2D eigenvalue weighted by Gasteiger charge is 2.07. The summed E-state index contributed by atoms with van der Waals surface area (Å²) in [5, 5.41) is 4.26. The fourth-order valence-corrected chi connectivity index (χ4v) is 2.39. The minimum atomic E-state index is -3.26. The lowest BCUT2D eigenvalue weighted by Crippen LogP contribution is -2.32. The lowest BCUT2D eigenvalue weighted by atomic mass is 10.1. The molecule has 0 spiro atoms. The van der Waals surface area contributed by atoms with Crippen LogP contribution >= 0.6 is 0 Å². The number of nitrogens with one attached hydrogen (secondary N) is 1. The Hall–Kier alpha value is -1.99. The van der Waals surface area contributed by atoms with Gasteiger partial charge in [-0.25, -0.2) is 17.8 Å². The van der Waals surface area contributed by atoms with Gasteiger partial charge in [-0.3, -0.25) is 4.79 Å². The first-order valence-corrected chi connectivity index (χ1v) is 8.28. The summed E-state index contributed by atoms with van der Waals surface area (Å²) in [5.74, 6) is 0.0133. The maximum absolute atomic E-state index is 11.8. The minimum absolute atomic E-state index is 0.0133. The second kappa shape index (κ2) is 6.64. The van der Waals surface area contributed by atoms with Gasteiger partial charge in [-0.15, -0.1) is 0 Å². The first-order chi connectivity index (χ1) is 10.0. The molecule has 2 rings (SSSR count). The molecule has 0 aliphatic carbocycles. The average Bonchev–Trinajstić information content (AvgIpc) is 2.50. The van der Waals surface area contributed by atoms with E-state index in [2.05, 4.69) is 9.82 Å². The lowest BCUT2D eigenvalue weighted by molar-refractivity contribution is 0.549. The van der Waals surface area contributed by atoms with Crippen molar-refractivity contribution in [2.45, 2.75) is 13.5 Å². The first kappa shape index (κ1) is 15.4. The zero-order chi connectivity index (χ0) is 15.3. The molecule has 1 N–H and O–H groups in total. The summed E-state index contributed by atoms with van der Waals surface area (Å²) in [4.78, 5) is 11.8. The number of hydrogen-bond acceptors (Lipinski definition) is 4. The zero-order valence-corrected chi connectivity index (χ0v) is 12.5. The molecule has 0 aliphatic heterocycles. The Balaban J connectivity index is 2.15. The number of benzene rings is 1. The van der Waals surface area contributed by atoms with Crippen molar-refractivity contribution in [2.75, 3.05) is 12.3 Å². The van der Waals surface area contributed by atoms with Crippen LogP contribution in [0.25, 0.3) is 11.3 Å². The summed E-state index contributed by atoms with van der Waals surface area (Å²) in [5.41, 5.74) is 1.32. The molecule has 6 nitrogen and oxygen atoms in total. The maximum atomic E-state index is 11.8. The fraction of sp³-hybridized carbons (Fsp3) is 0.286. The van der Waals surface area contributed by atoms with Crippen molar-refractivity contribution in [1.29, 1.82) is 0 Å². The fourth-order valence-electron chi connectivity index (χ4n) is 1.78. The van der Waals surface area contributed by atoms with E-state index in [1.807, 2.05) is 30.3 Å². The molecule has 0 bridgehead atoms. The van der Waals surface area contributed by atoms with E-state index in [1.54, 1.807) is 13.0 Å². The van der Waals surface area contributed by atoms with Crippen LogP contribution < -0.4 is 10.3 Å². The molecule has 112 valence electrons. The van der Waals surface area contributed by atoms with Crippen molar-refractivity contribution in [3.8, 4) is 11.3 Å². The van der Waals surface area contributed by atoms with E-state index in [9.17, 15) is 13.2 Å². The Morgan fingerprint density at radius 3 is 2.52 bits per heavy atom. The molecular weight excluding hydrogens is 290 g/mol. The van der Waals surface area contributed by atoms with Crippen LogP contribution in [0, 0.1) is 0 Å². The molecule has 21 heavy (non-hydrogen) atoms. The van der Waals surface area contributed by atoms with Crippen LogP contribution in [0.2, 0.25) is 0 Å². The van der Waals surface area contributed by atoms with Crippen LogP contribution in [-0.2, 0) is 16.6 Å². The first-order valence-electron chi connectivity index (χ1n) is 6.63. The van der Waals surface area contributed by atoms with E-state index >= 15 is 0 Å². The molecule has 0 unspecified atom stereocenters. The summed E-state index contributed by atoms with van der Waals surface area (Å²) in [6.45, 7) is 1.89. The predicted molar refractivity (Wildman–Crippen MR) is 81.4 cm³/mol. The van der Waals surface area contributed by atoms with Crippen LogP contribution in [0.1, 0.15) is 6.92 Å². The summed E-state index contributed by atoms with van der Waals surface area (Å²) in [7, 11) is -3.26. The van der Waals surface area contributed by atoms with Crippen molar-refractivity contribution in [1.82, 2.24) is 14.5 Å². The van der Waals surface area contributed by atoms with Gasteiger partial charge in [0.1, 0.15) is 0 Å². The van der Waals surface area contributed by atoms with Crippen LogP contribution in [-0.4, -0.2) is 30.5 Å². The van der Waals surface area contributed by atoms with Gasteiger partial charge in [-0.05, 0) is 13.0 Å². The van der Waals surface area contributed by atoms with Crippen LogP contribution in [0.5, 0.6) is 0 Å². The minimum Gasteiger partial charge on any atom is -0.268 e. The average molecular weight is 307 g/mol.